The third-order valence-electron chi connectivity index (χ3n) is 3.65. The van der Waals surface area contributed by atoms with Crippen molar-refractivity contribution in [3.8, 4) is 0 Å². The molecule has 7 heteroatoms. The van der Waals surface area contributed by atoms with Crippen molar-refractivity contribution in [2.24, 2.45) is 0 Å². The molecule has 0 aliphatic heterocycles. The highest BCUT2D eigenvalue weighted by atomic mass is 35.5. The molecule has 0 fully saturated rings. The van der Waals surface area contributed by atoms with E-state index in [1.807, 2.05) is 59.6 Å². The summed E-state index contributed by atoms with van der Waals surface area (Å²) in [7, 11) is 0. The lowest BCUT2D eigenvalue weighted by molar-refractivity contribution is 0.119. The monoisotopic (exact) mass is 426 g/mol. The minimum atomic E-state index is 0.203. The first kappa shape index (κ1) is 19.6. The number of hydrogen-bond acceptors (Lipinski definition) is 3. The average Bonchev–Trinajstić information content (AvgIpc) is 3.13. The van der Waals surface area contributed by atoms with Gasteiger partial charge in [0, 0.05) is 28.9 Å². The lowest BCUT2D eigenvalue weighted by Gasteiger charge is -2.18. The van der Waals surface area contributed by atoms with E-state index in [-0.39, 0.29) is 5.25 Å². The third-order valence-corrected chi connectivity index (χ3v) is 5.79. The molecule has 0 N–H and O–H groups in total. The van der Waals surface area contributed by atoms with Gasteiger partial charge in [0.15, 0.2) is 0 Å². The summed E-state index contributed by atoms with van der Waals surface area (Å²) in [6, 6.07) is 13.3. The van der Waals surface area contributed by atoms with Crippen molar-refractivity contribution in [1.29, 1.82) is 0 Å². The molecule has 0 spiro atoms. The molecule has 136 valence electrons. The molecule has 0 aliphatic carbocycles. The summed E-state index contributed by atoms with van der Waals surface area (Å²) in [6.07, 6.45) is 5.53. The fourth-order valence-corrected chi connectivity index (χ4v) is 4.00. The summed E-state index contributed by atoms with van der Waals surface area (Å²) in [5.41, 5.74) is 1.09. The zero-order valence-electron chi connectivity index (χ0n) is 13.8. The molecule has 0 aliphatic rings. The van der Waals surface area contributed by atoms with Gasteiger partial charge in [0.05, 0.1) is 34.8 Å². The van der Waals surface area contributed by atoms with Crippen molar-refractivity contribution in [3.05, 3.63) is 81.8 Å². The molecule has 26 heavy (non-hydrogen) atoms. The van der Waals surface area contributed by atoms with Gasteiger partial charge in [0.2, 0.25) is 0 Å². The minimum absolute atomic E-state index is 0.203. The molecule has 3 rings (SSSR count). The van der Waals surface area contributed by atoms with Crippen LogP contribution in [0.1, 0.15) is 5.56 Å². The largest absolute Gasteiger partial charge is 0.376 e. The summed E-state index contributed by atoms with van der Waals surface area (Å²) < 4.78 is 7.98. The predicted molar refractivity (Wildman–Crippen MR) is 109 cm³/mol. The summed E-state index contributed by atoms with van der Waals surface area (Å²) >= 11 is 19.8. The molecule has 1 aromatic heterocycles. The highest BCUT2D eigenvalue weighted by molar-refractivity contribution is 8.00. The van der Waals surface area contributed by atoms with E-state index in [1.54, 1.807) is 18.0 Å². The fraction of sp³-hybridized carbons (Fsp3) is 0.211. The molecule has 0 amide bonds. The van der Waals surface area contributed by atoms with Crippen LogP contribution in [0.15, 0.2) is 66.1 Å². The molecular formula is C19H17Cl3N2OS. The number of nitrogens with zero attached hydrogens (tertiary/aromatic N) is 2. The van der Waals surface area contributed by atoms with Gasteiger partial charge in [-0.25, -0.2) is 4.98 Å². The SMILES string of the molecule is Clc1ccc(COCC(Cn2ccnc2)Sc2ccc(Cl)c(Cl)c2)cc1. The number of rotatable bonds is 8. The number of benzene rings is 2. The maximum Gasteiger partial charge on any atom is 0.0946 e. The Morgan fingerprint density at radius 2 is 1.85 bits per heavy atom. The van der Waals surface area contributed by atoms with Crippen LogP contribution in [0.25, 0.3) is 0 Å². The van der Waals surface area contributed by atoms with Crippen LogP contribution in [0, 0.1) is 0 Å². The van der Waals surface area contributed by atoms with E-state index in [9.17, 15) is 0 Å². The Morgan fingerprint density at radius 1 is 1.04 bits per heavy atom. The Hall–Kier alpha value is -1.17. The predicted octanol–water partition coefficient (Wildman–Crippen LogP) is 6.22. The van der Waals surface area contributed by atoms with Crippen molar-refractivity contribution < 1.29 is 4.74 Å². The van der Waals surface area contributed by atoms with E-state index < -0.39 is 0 Å². The highest BCUT2D eigenvalue weighted by Gasteiger charge is 2.13. The second-order valence-electron chi connectivity index (χ2n) is 5.72. The molecule has 1 heterocycles. The lowest BCUT2D eigenvalue weighted by atomic mass is 10.2. The van der Waals surface area contributed by atoms with E-state index >= 15 is 0 Å². The summed E-state index contributed by atoms with van der Waals surface area (Å²) in [4.78, 5) is 5.16. The molecule has 0 saturated carbocycles. The van der Waals surface area contributed by atoms with E-state index in [0.29, 0.717) is 23.3 Å². The Balaban J connectivity index is 1.62. The minimum Gasteiger partial charge on any atom is -0.376 e. The van der Waals surface area contributed by atoms with Gasteiger partial charge < -0.3 is 9.30 Å². The van der Waals surface area contributed by atoms with Gasteiger partial charge >= 0.3 is 0 Å². The Morgan fingerprint density at radius 3 is 2.54 bits per heavy atom. The van der Waals surface area contributed by atoms with Gasteiger partial charge in [-0.1, -0.05) is 46.9 Å². The molecule has 3 nitrogen and oxygen atoms in total. The van der Waals surface area contributed by atoms with Gasteiger partial charge in [0.25, 0.3) is 0 Å². The first-order chi connectivity index (χ1) is 12.6. The van der Waals surface area contributed by atoms with E-state index in [2.05, 4.69) is 4.98 Å². The Labute approximate surface area is 172 Å². The number of hydrogen-bond donors (Lipinski definition) is 0. The molecular weight excluding hydrogens is 411 g/mol. The molecule has 2 aromatic carbocycles. The van der Waals surface area contributed by atoms with E-state index in [4.69, 9.17) is 39.5 Å². The molecule has 0 saturated heterocycles. The number of aromatic nitrogens is 2. The van der Waals surface area contributed by atoms with E-state index in [1.165, 1.54) is 0 Å². The standard InChI is InChI=1S/C19H17Cl3N2OS/c20-15-3-1-14(2-4-15)11-25-12-17(10-24-8-7-23-13-24)26-16-5-6-18(21)19(22)9-16/h1-9,13,17H,10-12H2. The van der Waals surface area contributed by atoms with Crippen LogP contribution in [0.5, 0.6) is 0 Å². The molecule has 0 radical (unpaired) electrons. The zero-order valence-corrected chi connectivity index (χ0v) is 16.9. The van der Waals surface area contributed by atoms with Crippen LogP contribution in [0.2, 0.25) is 15.1 Å². The molecule has 1 atom stereocenters. The second kappa shape index (κ2) is 9.67. The fourth-order valence-electron chi connectivity index (χ4n) is 2.39. The summed E-state index contributed by atoms with van der Waals surface area (Å²) in [6.45, 7) is 1.91. The van der Waals surface area contributed by atoms with Gasteiger partial charge in [-0.15, -0.1) is 11.8 Å². The van der Waals surface area contributed by atoms with Crippen LogP contribution in [0.3, 0.4) is 0 Å². The second-order valence-corrected chi connectivity index (χ2v) is 8.34. The number of halogens is 3. The third kappa shape index (κ3) is 5.93. The van der Waals surface area contributed by atoms with Crippen molar-refractivity contribution in [3.63, 3.8) is 0 Å². The maximum absolute atomic E-state index is 6.13. The molecule has 1 unspecified atom stereocenters. The number of imidazole rings is 1. The molecule has 0 bridgehead atoms. The summed E-state index contributed by atoms with van der Waals surface area (Å²) in [5.74, 6) is 0. The smallest absolute Gasteiger partial charge is 0.0946 e. The Kier molecular flexibility index (Phi) is 7.29. The highest BCUT2D eigenvalue weighted by Crippen LogP contribution is 2.31. The maximum atomic E-state index is 6.13. The van der Waals surface area contributed by atoms with E-state index in [0.717, 1.165) is 22.0 Å². The van der Waals surface area contributed by atoms with Crippen molar-refractivity contribution >= 4 is 46.6 Å². The van der Waals surface area contributed by atoms with Crippen LogP contribution >= 0.6 is 46.6 Å². The topological polar surface area (TPSA) is 27.1 Å². The van der Waals surface area contributed by atoms with Gasteiger partial charge in [0.1, 0.15) is 0 Å². The first-order valence-electron chi connectivity index (χ1n) is 8.00. The van der Waals surface area contributed by atoms with Gasteiger partial charge in [-0.2, -0.15) is 0 Å². The van der Waals surface area contributed by atoms with Gasteiger partial charge in [-0.3, -0.25) is 0 Å². The quantitative estimate of drug-likeness (QED) is 0.399. The number of ether oxygens (including phenoxy) is 1. The van der Waals surface area contributed by atoms with Crippen molar-refractivity contribution in [1.82, 2.24) is 9.55 Å². The zero-order chi connectivity index (χ0) is 18.4. The number of thioether (sulfide) groups is 1. The molecule has 3 aromatic rings. The summed E-state index contributed by atoms with van der Waals surface area (Å²) in [5, 5.41) is 2.04. The average molecular weight is 428 g/mol. The van der Waals surface area contributed by atoms with Gasteiger partial charge in [-0.05, 0) is 35.9 Å². The van der Waals surface area contributed by atoms with Crippen LogP contribution in [0.4, 0.5) is 0 Å². The van der Waals surface area contributed by atoms with Crippen LogP contribution < -0.4 is 0 Å². The Bertz CT molecular complexity index is 825. The van der Waals surface area contributed by atoms with Crippen molar-refractivity contribution in [2.45, 2.75) is 23.3 Å². The first-order valence-corrected chi connectivity index (χ1v) is 10.0. The van der Waals surface area contributed by atoms with Crippen LogP contribution in [-0.4, -0.2) is 21.4 Å². The normalized spacial score (nSPS) is 12.3. The van der Waals surface area contributed by atoms with Crippen molar-refractivity contribution in [2.75, 3.05) is 6.61 Å². The van der Waals surface area contributed by atoms with Crippen LogP contribution in [-0.2, 0) is 17.9 Å². The lowest BCUT2D eigenvalue weighted by Crippen LogP contribution is -2.18.